The second-order valence-corrected chi connectivity index (χ2v) is 9.43. The normalized spacial score (nSPS) is 17.9. The Kier molecular flexibility index (Phi) is 5.81. The summed E-state index contributed by atoms with van der Waals surface area (Å²) in [5.41, 5.74) is 3.67. The molecule has 0 spiro atoms. The molecule has 4 nitrogen and oxygen atoms in total. The minimum Gasteiger partial charge on any atom is -0.374 e. The van der Waals surface area contributed by atoms with Gasteiger partial charge in [-0.2, -0.15) is 0 Å². The summed E-state index contributed by atoms with van der Waals surface area (Å²) in [6, 6.07) is 24.2. The van der Waals surface area contributed by atoms with E-state index in [1.807, 2.05) is 42.5 Å². The number of piperidine rings is 1. The number of hydrogen-bond donors (Lipinski definition) is 2. The fraction of sp³-hybridized carbons (Fsp3) is 0.269. The highest BCUT2D eigenvalue weighted by Crippen LogP contribution is 2.40. The lowest BCUT2D eigenvalue weighted by atomic mass is 9.90. The standard InChI is InChI=1S/C26H26N2O2S/c29-25-21-8-4-5-9-23(21)31-24-11-10-20(17-22(24)27-25)26(30)28-14-12-19(13-15-28)16-18-6-2-1-3-7-18/h1-11,17,19,26,30H,12-16H2,(H,27,29). The monoisotopic (exact) mass is 430 g/mol. The summed E-state index contributed by atoms with van der Waals surface area (Å²) in [4.78, 5) is 16.7. The lowest BCUT2D eigenvalue weighted by Gasteiger charge is -2.35. The molecule has 0 radical (unpaired) electrons. The Labute approximate surface area is 187 Å². The molecule has 5 rings (SSSR count). The predicted molar refractivity (Wildman–Crippen MR) is 124 cm³/mol. The van der Waals surface area contributed by atoms with Gasteiger partial charge in [0.1, 0.15) is 6.23 Å². The lowest BCUT2D eigenvalue weighted by molar-refractivity contribution is -0.0189. The Hall–Kier alpha value is -2.60. The molecule has 3 aromatic rings. The number of nitrogens with one attached hydrogen (secondary N) is 1. The fourth-order valence-corrected chi connectivity index (χ4v) is 5.52. The van der Waals surface area contributed by atoms with Gasteiger partial charge in [0.2, 0.25) is 0 Å². The number of aliphatic hydroxyl groups excluding tert-OH is 1. The van der Waals surface area contributed by atoms with Crippen LogP contribution in [-0.2, 0) is 6.42 Å². The number of benzene rings is 3. The lowest BCUT2D eigenvalue weighted by Crippen LogP contribution is -2.37. The van der Waals surface area contributed by atoms with Crippen LogP contribution in [0.15, 0.2) is 82.6 Å². The van der Waals surface area contributed by atoms with Crippen LogP contribution in [0, 0.1) is 5.92 Å². The number of anilines is 1. The van der Waals surface area contributed by atoms with Crippen molar-refractivity contribution in [1.82, 2.24) is 4.90 Å². The highest BCUT2D eigenvalue weighted by molar-refractivity contribution is 7.99. The number of rotatable bonds is 4. The molecule has 1 saturated heterocycles. The first-order valence-electron chi connectivity index (χ1n) is 10.9. The van der Waals surface area contributed by atoms with Crippen molar-refractivity contribution in [3.63, 3.8) is 0 Å². The molecule has 1 atom stereocenters. The summed E-state index contributed by atoms with van der Waals surface area (Å²) in [5.74, 6) is 0.558. The first-order chi connectivity index (χ1) is 15.2. The van der Waals surface area contributed by atoms with Gasteiger partial charge in [-0.05, 0) is 60.6 Å². The molecule has 1 fully saturated rings. The van der Waals surface area contributed by atoms with E-state index in [-0.39, 0.29) is 5.91 Å². The van der Waals surface area contributed by atoms with Crippen molar-refractivity contribution in [3.05, 3.63) is 89.5 Å². The van der Waals surface area contributed by atoms with E-state index in [1.54, 1.807) is 11.8 Å². The van der Waals surface area contributed by atoms with Crippen molar-refractivity contribution < 1.29 is 9.90 Å². The maximum atomic E-state index is 12.6. The van der Waals surface area contributed by atoms with Crippen LogP contribution in [0.4, 0.5) is 5.69 Å². The molecular formula is C26H26N2O2S. The number of nitrogens with zero attached hydrogens (tertiary/aromatic N) is 1. The molecule has 0 aliphatic carbocycles. The summed E-state index contributed by atoms with van der Waals surface area (Å²) in [6.45, 7) is 1.75. The first-order valence-corrected chi connectivity index (χ1v) is 11.7. The van der Waals surface area contributed by atoms with Crippen molar-refractivity contribution >= 4 is 23.4 Å². The zero-order chi connectivity index (χ0) is 21.2. The number of fused-ring (bicyclic) bond motifs is 2. The van der Waals surface area contributed by atoms with Gasteiger partial charge in [0, 0.05) is 22.9 Å². The van der Waals surface area contributed by atoms with Crippen molar-refractivity contribution in [2.75, 3.05) is 18.4 Å². The number of carbonyl (C=O) groups is 1. The van der Waals surface area contributed by atoms with E-state index in [2.05, 4.69) is 40.5 Å². The fourth-order valence-electron chi connectivity index (χ4n) is 4.51. The van der Waals surface area contributed by atoms with E-state index < -0.39 is 6.23 Å². The van der Waals surface area contributed by atoms with E-state index in [4.69, 9.17) is 0 Å². The highest BCUT2D eigenvalue weighted by Gasteiger charge is 2.26. The van der Waals surface area contributed by atoms with E-state index in [0.29, 0.717) is 11.5 Å². The van der Waals surface area contributed by atoms with Gasteiger partial charge in [0.15, 0.2) is 0 Å². The van der Waals surface area contributed by atoms with Crippen LogP contribution in [0.5, 0.6) is 0 Å². The number of amides is 1. The van der Waals surface area contributed by atoms with Crippen molar-refractivity contribution in [2.24, 2.45) is 5.92 Å². The Morgan fingerprint density at radius 1 is 0.968 bits per heavy atom. The molecule has 0 bridgehead atoms. The Balaban J connectivity index is 1.26. The average Bonchev–Trinajstić information content (AvgIpc) is 2.95. The Bertz CT molecular complexity index is 1080. The first kappa shape index (κ1) is 20.3. The molecule has 2 heterocycles. The van der Waals surface area contributed by atoms with E-state index >= 15 is 0 Å². The molecule has 1 unspecified atom stereocenters. The summed E-state index contributed by atoms with van der Waals surface area (Å²) in [7, 11) is 0. The predicted octanol–water partition coefficient (Wildman–Crippen LogP) is 5.35. The van der Waals surface area contributed by atoms with Crippen molar-refractivity contribution in [2.45, 2.75) is 35.3 Å². The molecule has 2 aliphatic rings. The third-order valence-electron chi connectivity index (χ3n) is 6.26. The van der Waals surface area contributed by atoms with Crippen LogP contribution in [-0.4, -0.2) is 29.0 Å². The summed E-state index contributed by atoms with van der Waals surface area (Å²) in [5, 5.41) is 14.1. The third-order valence-corrected chi connectivity index (χ3v) is 7.42. The van der Waals surface area contributed by atoms with Crippen molar-refractivity contribution in [1.29, 1.82) is 0 Å². The molecule has 2 N–H and O–H groups in total. The molecule has 158 valence electrons. The van der Waals surface area contributed by atoms with Crippen LogP contribution in [0.25, 0.3) is 0 Å². The topological polar surface area (TPSA) is 52.6 Å². The number of likely N-dealkylation sites (tertiary alicyclic amines) is 1. The molecule has 0 aromatic heterocycles. The zero-order valence-corrected chi connectivity index (χ0v) is 18.1. The van der Waals surface area contributed by atoms with Gasteiger partial charge in [-0.25, -0.2) is 0 Å². The van der Waals surface area contributed by atoms with Crippen LogP contribution < -0.4 is 5.32 Å². The van der Waals surface area contributed by atoms with Gasteiger partial charge in [-0.1, -0.05) is 60.3 Å². The van der Waals surface area contributed by atoms with E-state index in [1.165, 1.54) is 5.56 Å². The van der Waals surface area contributed by atoms with Crippen LogP contribution in [0.2, 0.25) is 0 Å². The maximum absolute atomic E-state index is 12.6. The molecule has 3 aromatic carbocycles. The van der Waals surface area contributed by atoms with Gasteiger partial charge < -0.3 is 10.4 Å². The molecule has 0 saturated carbocycles. The SMILES string of the molecule is O=C1Nc2cc(C(O)N3CCC(Cc4ccccc4)CC3)ccc2Sc2ccccc21. The smallest absolute Gasteiger partial charge is 0.256 e. The van der Waals surface area contributed by atoms with Crippen LogP contribution in [0.3, 0.4) is 0 Å². The second kappa shape index (κ2) is 8.87. The Morgan fingerprint density at radius 2 is 1.71 bits per heavy atom. The average molecular weight is 431 g/mol. The van der Waals surface area contributed by atoms with Crippen LogP contribution >= 0.6 is 11.8 Å². The second-order valence-electron chi connectivity index (χ2n) is 8.35. The van der Waals surface area contributed by atoms with Gasteiger partial charge >= 0.3 is 0 Å². The summed E-state index contributed by atoms with van der Waals surface area (Å²) < 4.78 is 0. The number of aliphatic hydroxyl groups is 1. The van der Waals surface area contributed by atoms with Crippen molar-refractivity contribution in [3.8, 4) is 0 Å². The quantitative estimate of drug-likeness (QED) is 0.586. The minimum atomic E-state index is -0.657. The molecule has 2 aliphatic heterocycles. The van der Waals surface area contributed by atoms with Gasteiger partial charge in [0.25, 0.3) is 5.91 Å². The van der Waals surface area contributed by atoms with E-state index in [0.717, 1.165) is 53.4 Å². The Morgan fingerprint density at radius 3 is 2.52 bits per heavy atom. The third kappa shape index (κ3) is 4.40. The minimum absolute atomic E-state index is 0.102. The maximum Gasteiger partial charge on any atom is 0.256 e. The molecule has 5 heteroatoms. The largest absolute Gasteiger partial charge is 0.374 e. The molecule has 31 heavy (non-hydrogen) atoms. The number of hydrogen-bond acceptors (Lipinski definition) is 4. The van der Waals surface area contributed by atoms with Gasteiger partial charge in [-0.3, -0.25) is 9.69 Å². The molecular weight excluding hydrogens is 404 g/mol. The summed E-state index contributed by atoms with van der Waals surface area (Å²) >= 11 is 1.59. The van der Waals surface area contributed by atoms with Crippen LogP contribution in [0.1, 0.15) is 40.6 Å². The highest BCUT2D eigenvalue weighted by atomic mass is 32.2. The number of carbonyl (C=O) groups excluding carboxylic acids is 1. The zero-order valence-electron chi connectivity index (χ0n) is 17.3. The van der Waals surface area contributed by atoms with E-state index in [9.17, 15) is 9.90 Å². The van der Waals surface area contributed by atoms with Gasteiger partial charge in [-0.15, -0.1) is 0 Å². The van der Waals surface area contributed by atoms with Gasteiger partial charge in [0.05, 0.1) is 11.3 Å². The summed E-state index contributed by atoms with van der Waals surface area (Å²) in [6.07, 6.45) is 2.61. The molecule has 1 amide bonds.